The van der Waals surface area contributed by atoms with Crippen LogP contribution in [0.5, 0.6) is 0 Å². The average Bonchev–Trinajstić information content (AvgIpc) is 1.57. The lowest BCUT2D eigenvalue weighted by atomic mass is 9.88. The third-order valence-corrected chi connectivity index (χ3v) is 23.2. The van der Waals surface area contributed by atoms with E-state index in [1.54, 1.807) is 32.6 Å². The summed E-state index contributed by atoms with van der Waals surface area (Å²) in [6, 6.07) is 9.00. The van der Waals surface area contributed by atoms with E-state index in [2.05, 4.69) is 52.2 Å². The van der Waals surface area contributed by atoms with Gasteiger partial charge in [-0.05, 0) is 79.7 Å². The summed E-state index contributed by atoms with van der Waals surface area (Å²) in [6.07, 6.45) is 5.62. The number of nitrogens with zero attached hydrogens (tertiary/aromatic N) is 9. The molecule has 45 nitrogen and oxygen atoms in total. The number of aliphatic hydroxyl groups is 1. The summed E-state index contributed by atoms with van der Waals surface area (Å²) in [5, 5.41) is 48.5. The number of benzene rings is 1. The van der Waals surface area contributed by atoms with Crippen LogP contribution >= 0.6 is 0 Å². The number of carbonyl (C=O) groups is 4. The van der Waals surface area contributed by atoms with Crippen LogP contribution < -0.4 is 21.3 Å². The van der Waals surface area contributed by atoms with Gasteiger partial charge in [0.2, 0.25) is 23.6 Å². The highest BCUT2D eigenvalue weighted by Gasteiger charge is 2.68. The Bertz CT molecular complexity index is 3960. The number of fused-ring (bicyclic) bond motifs is 9. The topological polar surface area (TPSA) is 478 Å². The molecule has 8 saturated heterocycles. The van der Waals surface area contributed by atoms with Crippen molar-refractivity contribution in [3.05, 3.63) is 71.6 Å². The fraction of sp³-hybridized carbons (Fsp3) is 0.822. The molecular formula is C90H145N13O32. The fourth-order valence-corrected chi connectivity index (χ4v) is 17.0. The Morgan fingerprint density at radius 1 is 0.415 bits per heavy atom. The summed E-state index contributed by atoms with van der Waals surface area (Å²) in [7, 11) is 0. The van der Waals surface area contributed by atoms with Crippen LogP contribution in [0.3, 0.4) is 0 Å². The van der Waals surface area contributed by atoms with Gasteiger partial charge in [-0.1, -0.05) is 58.8 Å². The molecule has 0 unspecified atom stereocenters. The molecule has 14 atom stereocenters. The Kier molecular flexibility index (Phi) is 43.2. The average molecular weight is 1920 g/mol. The molecule has 11 heterocycles. The first kappa shape index (κ1) is 107. The largest absolute Gasteiger partial charge is 0.377 e. The van der Waals surface area contributed by atoms with E-state index < -0.39 is 95.1 Å². The van der Waals surface area contributed by atoms with Crippen molar-refractivity contribution in [3.63, 3.8) is 0 Å². The smallest absolute Gasteiger partial charge is 0.220 e. The molecule has 5 N–H and O–H groups in total. The highest BCUT2D eigenvalue weighted by molar-refractivity contribution is 5.77. The first-order valence-corrected chi connectivity index (χ1v) is 47.3. The van der Waals surface area contributed by atoms with Gasteiger partial charge in [0.25, 0.3) is 0 Å². The molecule has 4 amide bonds. The van der Waals surface area contributed by atoms with Gasteiger partial charge in [-0.3, -0.25) is 19.2 Å². The molecule has 0 spiro atoms. The second-order valence-electron chi connectivity index (χ2n) is 36.3. The normalized spacial score (nSPS) is 26.5. The van der Waals surface area contributed by atoms with Crippen LogP contribution in [0, 0.1) is 0 Å². The molecule has 45 heteroatoms. The Balaban J connectivity index is 0.571. The van der Waals surface area contributed by atoms with Crippen LogP contribution in [0.2, 0.25) is 0 Å². The zero-order valence-corrected chi connectivity index (χ0v) is 79.8. The number of unbranched alkanes of at least 4 members (excludes halogenated alkanes) is 4. The molecule has 4 aromatic rings. The summed E-state index contributed by atoms with van der Waals surface area (Å²) in [6.45, 7) is 26.4. The van der Waals surface area contributed by atoms with E-state index in [9.17, 15) is 24.3 Å². The molecule has 762 valence electrons. The monoisotopic (exact) mass is 1920 g/mol. The quantitative estimate of drug-likeness (QED) is 0.0396. The zero-order valence-electron chi connectivity index (χ0n) is 79.8. The third-order valence-electron chi connectivity index (χ3n) is 23.2. The number of aliphatic hydroxyl groups excluding tert-OH is 1. The maximum Gasteiger partial charge on any atom is 0.220 e. The van der Waals surface area contributed by atoms with Gasteiger partial charge in [0.15, 0.2) is 36.2 Å². The van der Waals surface area contributed by atoms with E-state index in [1.165, 1.54) is 13.8 Å². The predicted molar refractivity (Wildman–Crippen MR) is 470 cm³/mol. The van der Waals surface area contributed by atoms with E-state index in [-0.39, 0.29) is 115 Å². The zero-order chi connectivity index (χ0) is 95.3. The van der Waals surface area contributed by atoms with Gasteiger partial charge in [-0.15, -0.1) is 15.3 Å². The van der Waals surface area contributed by atoms with Crippen molar-refractivity contribution in [1.29, 1.82) is 0 Å². The Hall–Kier alpha value is -6.60. The van der Waals surface area contributed by atoms with Gasteiger partial charge in [0, 0.05) is 46.3 Å². The molecule has 8 aliphatic rings. The van der Waals surface area contributed by atoms with Crippen LogP contribution in [-0.2, 0) is 193 Å². The van der Waals surface area contributed by atoms with Gasteiger partial charge in [0.05, 0.1) is 262 Å². The lowest BCUT2D eigenvalue weighted by Crippen LogP contribution is -2.65. The summed E-state index contributed by atoms with van der Waals surface area (Å²) >= 11 is 0. The molecule has 12 rings (SSSR count). The molecule has 0 aliphatic carbocycles. The number of amides is 4. The maximum absolute atomic E-state index is 14.3. The van der Waals surface area contributed by atoms with Crippen molar-refractivity contribution < 1.29 is 152 Å². The minimum absolute atomic E-state index is 0.00584. The SMILES string of the molecule is CC(=O)N[C@H]1[C@H]2OC[C@](COCCOCCOCCOCCn3cc(COCC(COCc4cn(CCOCCOCCOCCOC[C@@]56CO[C@@H](O5)[C@H](NC(C)=O)[C@H]5OC(C)(C)O[C@H]56)nn4)(COCc4cn(CCOCCOCCOCCOC[C@@]5(C)O[C@H](O)C[C@H]6OC(C)(C)O[C@H]65)nn4)NC(=O)CCCCCNC(=O)CCCCCOCc4ccccc4)nn3)(O2)[C@@H]2OC(C)(C)O[C@H]12. The van der Waals surface area contributed by atoms with Gasteiger partial charge in [-0.25, -0.2) is 14.0 Å². The standard InChI is InChI=1S/C90H145N13O32/c1-65(104)92-75-77-80(132-85(5,6)129-77)89(63-125-82(75)134-89)61-120-47-44-116-41-38-113-35-32-110-29-25-102-51-69(96-99-102)55-123-59-88(94-73(107)22-15-11-17-23-91-72(106)21-16-12-18-27-118-53-67-19-13-10-14-20-67,58-122-54-68-50-101(98-95-68)24-28-109-31-34-112-37-40-115-43-46-119-57-87(9)79-71(49-74(108)128-87)127-84(3,4)131-79)60-124-56-70-52-103(100-97-70)26-30-111-33-36-114-39-42-117-45-48-121-62-90-64-126-83(135-90)76(93-66(2)105)78-81(90)133-86(7,8)130-78/h10,13-14,19-20,50-52,71,74-83,108H,11-12,15-18,21-49,53-64H2,1-9H3,(H,91,106)(H,92,104)(H,93,105)(H,94,107)/t71-,74+,75-,76-,77-,78-,79-,80-,81-,82+,83+,87-,89+,90+/m1/s1. The van der Waals surface area contributed by atoms with Crippen molar-refractivity contribution in [1.82, 2.24) is 66.2 Å². The van der Waals surface area contributed by atoms with Gasteiger partial charge in [-0.2, -0.15) is 0 Å². The van der Waals surface area contributed by atoms with Crippen molar-refractivity contribution >= 4 is 23.6 Å². The van der Waals surface area contributed by atoms with Crippen LogP contribution in [0.1, 0.15) is 143 Å². The maximum atomic E-state index is 14.3. The van der Waals surface area contributed by atoms with Crippen molar-refractivity contribution in [2.75, 3.05) is 205 Å². The molecule has 0 saturated carbocycles. The Morgan fingerprint density at radius 3 is 1.24 bits per heavy atom. The summed E-state index contributed by atoms with van der Waals surface area (Å²) in [5.41, 5.74) is -1.27. The number of carbonyl (C=O) groups excluding carboxylic acids is 4. The van der Waals surface area contributed by atoms with E-state index in [0.717, 1.165) is 24.8 Å². The number of aromatic nitrogens is 9. The van der Waals surface area contributed by atoms with Gasteiger partial charge < -0.3 is 154 Å². The highest BCUT2D eigenvalue weighted by atomic mass is 16.8. The van der Waals surface area contributed by atoms with Crippen molar-refractivity contribution in [2.24, 2.45) is 0 Å². The fourth-order valence-electron chi connectivity index (χ4n) is 17.0. The lowest BCUT2D eigenvalue weighted by molar-refractivity contribution is -0.269. The number of hydrogen-bond donors (Lipinski definition) is 5. The Morgan fingerprint density at radius 2 is 0.807 bits per heavy atom. The third kappa shape index (κ3) is 35.0. The van der Waals surface area contributed by atoms with Crippen LogP contribution in [0.25, 0.3) is 0 Å². The minimum atomic E-state index is -1.29. The molecule has 4 bridgehead atoms. The molecule has 1 aromatic carbocycles. The molecule has 3 aromatic heterocycles. The molecule has 0 radical (unpaired) electrons. The minimum Gasteiger partial charge on any atom is -0.377 e. The first-order chi connectivity index (χ1) is 65.3. The van der Waals surface area contributed by atoms with Crippen molar-refractivity contribution in [2.45, 2.75) is 273 Å². The number of rotatable bonds is 71. The van der Waals surface area contributed by atoms with E-state index in [4.69, 9.17) is 128 Å². The Labute approximate surface area is 788 Å². The summed E-state index contributed by atoms with van der Waals surface area (Å²) in [5.74, 6) is -3.24. The lowest BCUT2D eigenvalue weighted by Gasteiger charge is -2.42. The number of ether oxygens (including phenoxy) is 27. The van der Waals surface area contributed by atoms with E-state index in [0.29, 0.717) is 227 Å². The summed E-state index contributed by atoms with van der Waals surface area (Å²) in [4.78, 5) is 51.1. The molecule has 8 aliphatic heterocycles. The first-order valence-electron chi connectivity index (χ1n) is 47.3. The number of hydrogen-bond acceptors (Lipinski definition) is 38. The van der Waals surface area contributed by atoms with Crippen LogP contribution in [0.4, 0.5) is 0 Å². The van der Waals surface area contributed by atoms with Crippen LogP contribution in [-0.4, -0.2) is 386 Å². The van der Waals surface area contributed by atoms with Gasteiger partial charge >= 0.3 is 0 Å². The van der Waals surface area contributed by atoms with Crippen molar-refractivity contribution in [3.8, 4) is 0 Å². The summed E-state index contributed by atoms with van der Waals surface area (Å²) < 4.78 is 168. The second kappa shape index (κ2) is 54.4. The van der Waals surface area contributed by atoms with Crippen LogP contribution in [0.15, 0.2) is 48.9 Å². The molecular weight excluding hydrogens is 1780 g/mol. The van der Waals surface area contributed by atoms with E-state index in [1.807, 2.05) is 78.8 Å². The van der Waals surface area contributed by atoms with E-state index >= 15 is 0 Å². The molecule has 135 heavy (non-hydrogen) atoms. The highest BCUT2D eigenvalue weighted by Crippen LogP contribution is 2.49. The van der Waals surface area contributed by atoms with Gasteiger partial charge in [0.1, 0.15) is 82.0 Å². The molecule has 8 fully saturated rings. The predicted octanol–water partition coefficient (Wildman–Crippen LogP) is 2.24. The number of nitrogens with one attached hydrogen (secondary N) is 4. The second-order valence-corrected chi connectivity index (χ2v) is 36.3.